The highest BCUT2D eigenvalue weighted by atomic mass is 35.5. The van der Waals surface area contributed by atoms with Crippen LogP contribution in [0.25, 0.3) is 34.0 Å². The summed E-state index contributed by atoms with van der Waals surface area (Å²) < 4.78 is 16.8. The lowest BCUT2D eigenvalue weighted by atomic mass is 10.2. The highest BCUT2D eigenvalue weighted by molar-refractivity contribution is 6.31. The van der Waals surface area contributed by atoms with Gasteiger partial charge in [-0.25, -0.2) is 0 Å². The van der Waals surface area contributed by atoms with E-state index in [4.69, 9.17) is 25.3 Å². The maximum Gasteiger partial charge on any atom is 0.258 e. The molecule has 1 amide bonds. The first-order valence-corrected chi connectivity index (χ1v) is 10.0. The number of aryl methyl sites for hydroxylation is 1. The fourth-order valence-corrected chi connectivity index (χ4v) is 3.85. The van der Waals surface area contributed by atoms with Gasteiger partial charge >= 0.3 is 0 Å². The van der Waals surface area contributed by atoms with Crippen molar-refractivity contribution in [1.82, 2.24) is 10.1 Å². The molecule has 8 heteroatoms. The zero-order valence-corrected chi connectivity index (χ0v) is 16.9. The third-order valence-corrected chi connectivity index (χ3v) is 5.23. The molecule has 1 aliphatic heterocycles. The summed E-state index contributed by atoms with van der Waals surface area (Å²) in [6, 6.07) is 12.7. The van der Waals surface area contributed by atoms with Gasteiger partial charge in [-0.1, -0.05) is 22.8 Å². The summed E-state index contributed by atoms with van der Waals surface area (Å²) in [4.78, 5) is 16.7. The highest BCUT2D eigenvalue weighted by Crippen LogP contribution is 2.32. The number of anilines is 1. The van der Waals surface area contributed by atoms with Crippen molar-refractivity contribution in [3.8, 4) is 23.0 Å². The number of aromatic nitrogens is 2. The minimum Gasteiger partial charge on any atom is -0.452 e. The zero-order valence-electron chi connectivity index (χ0n) is 16.1. The second-order valence-corrected chi connectivity index (χ2v) is 7.68. The molecule has 1 aliphatic rings. The molecule has 2 aromatic heterocycles. The number of carbonyl (C=O) groups is 1. The smallest absolute Gasteiger partial charge is 0.258 e. The maximum atomic E-state index is 12.3. The van der Waals surface area contributed by atoms with Gasteiger partial charge in [-0.3, -0.25) is 4.79 Å². The summed E-state index contributed by atoms with van der Waals surface area (Å²) in [6.07, 6.45) is 1.24. The second-order valence-electron chi connectivity index (χ2n) is 7.25. The van der Waals surface area contributed by atoms with E-state index in [9.17, 15) is 4.79 Å². The van der Waals surface area contributed by atoms with E-state index in [1.54, 1.807) is 12.1 Å². The Morgan fingerprint density at radius 3 is 2.97 bits per heavy atom. The zero-order chi connectivity index (χ0) is 20.7. The van der Waals surface area contributed by atoms with Gasteiger partial charge in [0.15, 0.2) is 5.76 Å². The van der Waals surface area contributed by atoms with Crippen molar-refractivity contribution in [2.24, 2.45) is 0 Å². The van der Waals surface area contributed by atoms with Crippen molar-refractivity contribution in [2.75, 3.05) is 11.9 Å². The Kier molecular flexibility index (Phi) is 4.77. The van der Waals surface area contributed by atoms with Crippen LogP contribution in [0.15, 0.2) is 51.4 Å². The number of rotatable bonds is 4. The Labute approximate surface area is 177 Å². The minimum absolute atomic E-state index is 0.146. The SMILES string of the molecule is Cc1cc(Cl)cc2cc(-c3noc(-c4cccc(NC(=O)C5CCCO5)c4)n3)oc12. The van der Waals surface area contributed by atoms with Gasteiger partial charge in [0.25, 0.3) is 11.8 Å². The third kappa shape index (κ3) is 3.58. The predicted octanol–water partition coefficient (Wildman–Crippen LogP) is 5.23. The van der Waals surface area contributed by atoms with Crippen molar-refractivity contribution in [3.05, 3.63) is 53.1 Å². The van der Waals surface area contributed by atoms with Crippen LogP contribution in [0.3, 0.4) is 0 Å². The summed E-state index contributed by atoms with van der Waals surface area (Å²) in [5, 5.41) is 8.44. The summed E-state index contributed by atoms with van der Waals surface area (Å²) >= 11 is 6.13. The number of halogens is 1. The number of nitrogens with zero attached hydrogens (tertiary/aromatic N) is 2. The maximum absolute atomic E-state index is 12.3. The molecule has 7 nitrogen and oxygen atoms in total. The van der Waals surface area contributed by atoms with Gasteiger partial charge in [0, 0.05) is 28.3 Å². The molecule has 1 unspecified atom stereocenters. The lowest BCUT2D eigenvalue weighted by Crippen LogP contribution is -2.26. The van der Waals surface area contributed by atoms with Crippen LogP contribution in [0.5, 0.6) is 0 Å². The molecule has 1 fully saturated rings. The Hall–Kier alpha value is -3.16. The molecule has 30 heavy (non-hydrogen) atoms. The number of benzene rings is 2. The van der Waals surface area contributed by atoms with E-state index in [2.05, 4.69) is 15.5 Å². The van der Waals surface area contributed by atoms with Crippen LogP contribution in [0, 0.1) is 6.92 Å². The molecule has 0 spiro atoms. The third-order valence-electron chi connectivity index (χ3n) is 5.01. The van der Waals surface area contributed by atoms with Crippen LogP contribution in [-0.2, 0) is 9.53 Å². The lowest BCUT2D eigenvalue weighted by molar-refractivity contribution is -0.124. The summed E-state index contributed by atoms with van der Waals surface area (Å²) in [5.74, 6) is 1.01. The van der Waals surface area contributed by atoms with Crippen LogP contribution >= 0.6 is 11.6 Å². The molecule has 1 saturated heterocycles. The topological polar surface area (TPSA) is 90.4 Å². The van der Waals surface area contributed by atoms with E-state index in [0.717, 1.165) is 29.4 Å². The normalized spacial score (nSPS) is 16.3. The van der Waals surface area contributed by atoms with Gasteiger partial charge in [0.05, 0.1) is 0 Å². The van der Waals surface area contributed by atoms with Crippen molar-refractivity contribution in [1.29, 1.82) is 0 Å². The molecule has 0 bridgehead atoms. The number of hydrogen-bond acceptors (Lipinski definition) is 6. The summed E-state index contributed by atoms with van der Waals surface area (Å²) in [6.45, 7) is 2.55. The van der Waals surface area contributed by atoms with E-state index in [1.165, 1.54) is 0 Å². The van der Waals surface area contributed by atoms with E-state index >= 15 is 0 Å². The largest absolute Gasteiger partial charge is 0.452 e. The van der Waals surface area contributed by atoms with Gasteiger partial charge in [0.1, 0.15) is 11.7 Å². The fraction of sp³-hybridized carbons (Fsp3) is 0.227. The number of furan rings is 1. The number of nitrogens with one attached hydrogen (secondary N) is 1. The van der Waals surface area contributed by atoms with E-state index in [0.29, 0.717) is 40.4 Å². The molecule has 1 atom stereocenters. The quantitative estimate of drug-likeness (QED) is 0.483. The molecule has 1 N–H and O–H groups in total. The predicted molar refractivity (Wildman–Crippen MR) is 112 cm³/mol. The Morgan fingerprint density at radius 2 is 2.13 bits per heavy atom. The van der Waals surface area contributed by atoms with Gasteiger partial charge in [-0.15, -0.1) is 0 Å². The van der Waals surface area contributed by atoms with E-state index < -0.39 is 6.10 Å². The van der Waals surface area contributed by atoms with Gasteiger partial charge < -0.3 is 19.0 Å². The first-order chi connectivity index (χ1) is 14.6. The second kappa shape index (κ2) is 7.59. The first-order valence-electron chi connectivity index (χ1n) is 9.63. The molecule has 4 aromatic rings. The Morgan fingerprint density at radius 1 is 1.23 bits per heavy atom. The minimum atomic E-state index is -0.395. The lowest BCUT2D eigenvalue weighted by Gasteiger charge is -2.10. The molecular weight excluding hydrogens is 406 g/mol. The van der Waals surface area contributed by atoms with Crippen molar-refractivity contribution >= 4 is 34.2 Å². The van der Waals surface area contributed by atoms with Crippen molar-refractivity contribution in [2.45, 2.75) is 25.9 Å². The molecule has 0 radical (unpaired) electrons. The average molecular weight is 424 g/mol. The number of hydrogen-bond donors (Lipinski definition) is 1. The van der Waals surface area contributed by atoms with E-state index in [1.807, 2.05) is 37.3 Å². The Bertz CT molecular complexity index is 1240. The number of ether oxygens (including phenoxy) is 1. The molecule has 5 rings (SSSR count). The van der Waals surface area contributed by atoms with Crippen LogP contribution < -0.4 is 5.32 Å². The standard InChI is InChI=1S/C22H18ClN3O4/c1-12-8-15(23)9-14-11-18(29-19(12)14)20-25-22(30-26-20)13-4-2-5-16(10-13)24-21(27)17-6-3-7-28-17/h2,4-5,8-11,17H,3,6-7H2,1H3,(H,24,27). The molecule has 0 aliphatic carbocycles. The van der Waals surface area contributed by atoms with Crippen molar-refractivity contribution in [3.63, 3.8) is 0 Å². The molecule has 3 heterocycles. The average Bonchev–Trinajstić information content (AvgIpc) is 3.47. The molecule has 152 valence electrons. The molecule has 0 saturated carbocycles. The number of fused-ring (bicyclic) bond motifs is 1. The van der Waals surface area contributed by atoms with Gasteiger partial charge in [-0.2, -0.15) is 4.98 Å². The fourth-order valence-electron chi connectivity index (χ4n) is 3.57. The van der Waals surface area contributed by atoms with E-state index in [-0.39, 0.29) is 5.91 Å². The summed E-state index contributed by atoms with van der Waals surface area (Å²) in [5.41, 5.74) is 3.00. The van der Waals surface area contributed by atoms with Crippen LogP contribution in [0.2, 0.25) is 5.02 Å². The highest BCUT2D eigenvalue weighted by Gasteiger charge is 2.24. The Balaban J connectivity index is 1.40. The van der Waals surface area contributed by atoms with Gasteiger partial charge in [-0.05, 0) is 61.7 Å². The van der Waals surface area contributed by atoms with Crippen LogP contribution in [0.4, 0.5) is 5.69 Å². The van der Waals surface area contributed by atoms with Gasteiger partial charge in [0.2, 0.25) is 5.82 Å². The number of carbonyl (C=O) groups excluding carboxylic acids is 1. The first kappa shape index (κ1) is 18.8. The molecule has 2 aromatic carbocycles. The van der Waals surface area contributed by atoms with Crippen LogP contribution in [-0.4, -0.2) is 28.8 Å². The molecular formula is C22H18ClN3O4. The van der Waals surface area contributed by atoms with Crippen LogP contribution in [0.1, 0.15) is 18.4 Å². The van der Waals surface area contributed by atoms with Crippen molar-refractivity contribution < 1.29 is 18.5 Å². The number of amides is 1. The monoisotopic (exact) mass is 423 g/mol. The summed E-state index contributed by atoms with van der Waals surface area (Å²) in [7, 11) is 0.